The fraction of sp³-hybridized carbons (Fsp3) is 0.722. The van der Waals surface area contributed by atoms with Gasteiger partial charge in [-0.2, -0.15) is 0 Å². The van der Waals surface area contributed by atoms with Gasteiger partial charge in [0, 0.05) is 19.2 Å². The van der Waals surface area contributed by atoms with Crippen molar-refractivity contribution in [2.45, 2.75) is 59.4 Å². The van der Waals surface area contributed by atoms with Crippen LogP contribution in [0.5, 0.6) is 0 Å². The summed E-state index contributed by atoms with van der Waals surface area (Å²) >= 11 is 0. The maximum Gasteiger partial charge on any atom is 0.246 e. The number of carbonyl (C=O) groups is 3. The number of hydrogen-bond donors (Lipinski definition) is 2. The number of unbranched alkanes of at least 4 members (excludes halogenated alkanes) is 3. The number of rotatable bonds is 12. The van der Waals surface area contributed by atoms with Gasteiger partial charge in [0.05, 0.1) is 12.6 Å². The summed E-state index contributed by atoms with van der Waals surface area (Å²) in [6.45, 7) is 8.54. The van der Waals surface area contributed by atoms with Crippen LogP contribution in [0.25, 0.3) is 0 Å². The standard InChI is InChI=1S/C18H33N3O3/c1-6-7-8-9-10-20-18(24)15(4)11-16(14(2)3)21(5)17(23)12-19-13-22/h11,13-14,16H,6-10,12H2,1-5H3,(H,19,22)(H,20,24)/t16-/m1/s1. The Morgan fingerprint density at radius 2 is 1.83 bits per heavy atom. The summed E-state index contributed by atoms with van der Waals surface area (Å²) in [7, 11) is 1.69. The topological polar surface area (TPSA) is 78.5 Å². The van der Waals surface area contributed by atoms with E-state index in [1.54, 1.807) is 18.9 Å². The van der Waals surface area contributed by atoms with Gasteiger partial charge in [0.25, 0.3) is 0 Å². The minimum atomic E-state index is -0.197. The van der Waals surface area contributed by atoms with Crippen LogP contribution >= 0.6 is 0 Å². The van der Waals surface area contributed by atoms with E-state index in [4.69, 9.17) is 0 Å². The second kappa shape index (κ2) is 12.6. The molecule has 138 valence electrons. The number of hydrogen-bond acceptors (Lipinski definition) is 3. The van der Waals surface area contributed by atoms with Gasteiger partial charge in [-0.3, -0.25) is 14.4 Å². The van der Waals surface area contributed by atoms with E-state index in [1.165, 1.54) is 12.8 Å². The van der Waals surface area contributed by atoms with E-state index in [-0.39, 0.29) is 30.3 Å². The highest BCUT2D eigenvalue weighted by atomic mass is 16.2. The van der Waals surface area contributed by atoms with Crippen LogP contribution in [-0.4, -0.2) is 49.3 Å². The fourth-order valence-corrected chi connectivity index (χ4v) is 2.40. The molecule has 0 aromatic carbocycles. The van der Waals surface area contributed by atoms with E-state index in [0.29, 0.717) is 18.5 Å². The van der Waals surface area contributed by atoms with E-state index < -0.39 is 0 Å². The molecule has 0 aliphatic heterocycles. The van der Waals surface area contributed by atoms with Crippen LogP contribution in [-0.2, 0) is 14.4 Å². The molecule has 0 saturated heterocycles. The highest BCUT2D eigenvalue weighted by Gasteiger charge is 2.21. The maximum atomic E-state index is 12.2. The monoisotopic (exact) mass is 339 g/mol. The molecule has 0 aliphatic carbocycles. The van der Waals surface area contributed by atoms with Crippen molar-refractivity contribution in [3.63, 3.8) is 0 Å². The Morgan fingerprint density at radius 3 is 2.38 bits per heavy atom. The normalized spacial score (nSPS) is 12.7. The van der Waals surface area contributed by atoms with Crippen LogP contribution in [0.3, 0.4) is 0 Å². The first-order valence-electron chi connectivity index (χ1n) is 8.74. The third-order valence-corrected chi connectivity index (χ3v) is 3.96. The zero-order chi connectivity index (χ0) is 18.5. The van der Waals surface area contributed by atoms with E-state index >= 15 is 0 Å². The van der Waals surface area contributed by atoms with E-state index in [9.17, 15) is 14.4 Å². The van der Waals surface area contributed by atoms with Crippen molar-refractivity contribution in [2.75, 3.05) is 20.1 Å². The summed E-state index contributed by atoms with van der Waals surface area (Å²) in [5, 5.41) is 5.29. The molecule has 3 amide bonds. The zero-order valence-electron chi connectivity index (χ0n) is 15.7. The van der Waals surface area contributed by atoms with Gasteiger partial charge in [-0.25, -0.2) is 0 Å². The minimum absolute atomic E-state index is 0.0419. The number of amides is 3. The summed E-state index contributed by atoms with van der Waals surface area (Å²) in [6, 6.07) is -0.197. The maximum absolute atomic E-state index is 12.2. The molecule has 0 rings (SSSR count). The smallest absolute Gasteiger partial charge is 0.246 e. The number of likely N-dealkylation sites (N-methyl/N-ethyl adjacent to an activating group) is 1. The Bertz CT molecular complexity index is 433. The van der Waals surface area contributed by atoms with Gasteiger partial charge in [-0.15, -0.1) is 0 Å². The van der Waals surface area contributed by atoms with Crippen molar-refractivity contribution in [1.82, 2.24) is 15.5 Å². The molecule has 0 aromatic heterocycles. The molecule has 0 heterocycles. The molecule has 2 N–H and O–H groups in total. The molecule has 0 saturated carbocycles. The van der Waals surface area contributed by atoms with Crippen LogP contribution in [0.4, 0.5) is 0 Å². The molecule has 0 fully saturated rings. The summed E-state index contributed by atoms with van der Waals surface area (Å²) < 4.78 is 0. The Hall–Kier alpha value is -1.85. The molecule has 0 radical (unpaired) electrons. The molecule has 0 aromatic rings. The first-order valence-corrected chi connectivity index (χ1v) is 8.74. The van der Waals surface area contributed by atoms with Crippen molar-refractivity contribution in [3.05, 3.63) is 11.6 Å². The molecule has 6 heteroatoms. The van der Waals surface area contributed by atoms with Gasteiger partial charge in [0.2, 0.25) is 18.2 Å². The van der Waals surface area contributed by atoms with Gasteiger partial charge in [0.1, 0.15) is 0 Å². The van der Waals surface area contributed by atoms with Crippen LogP contribution in [0.2, 0.25) is 0 Å². The average molecular weight is 339 g/mol. The number of nitrogens with zero attached hydrogens (tertiary/aromatic N) is 1. The first kappa shape index (κ1) is 22.1. The van der Waals surface area contributed by atoms with Crippen molar-refractivity contribution < 1.29 is 14.4 Å². The van der Waals surface area contributed by atoms with Crippen LogP contribution in [0, 0.1) is 5.92 Å². The second-order valence-electron chi connectivity index (χ2n) is 6.40. The lowest BCUT2D eigenvalue weighted by Gasteiger charge is -2.29. The molecular formula is C18H33N3O3. The Kier molecular flexibility index (Phi) is 11.6. The number of carbonyl (C=O) groups excluding carboxylic acids is 3. The molecular weight excluding hydrogens is 306 g/mol. The van der Waals surface area contributed by atoms with Gasteiger partial charge < -0.3 is 15.5 Å². The van der Waals surface area contributed by atoms with Gasteiger partial charge in [-0.05, 0) is 19.3 Å². The van der Waals surface area contributed by atoms with E-state index in [0.717, 1.165) is 12.8 Å². The highest BCUT2D eigenvalue weighted by Crippen LogP contribution is 2.13. The molecule has 6 nitrogen and oxygen atoms in total. The summed E-state index contributed by atoms with van der Waals surface area (Å²) in [4.78, 5) is 36.1. The van der Waals surface area contributed by atoms with Crippen molar-refractivity contribution >= 4 is 18.2 Å². The predicted octanol–water partition coefficient (Wildman–Crippen LogP) is 1.86. The second-order valence-corrected chi connectivity index (χ2v) is 6.40. The Balaban J connectivity index is 4.69. The summed E-state index contributed by atoms with van der Waals surface area (Å²) in [5.41, 5.74) is 0.604. The van der Waals surface area contributed by atoms with Crippen molar-refractivity contribution in [3.8, 4) is 0 Å². The third-order valence-electron chi connectivity index (χ3n) is 3.96. The van der Waals surface area contributed by atoms with E-state index in [1.807, 2.05) is 19.9 Å². The van der Waals surface area contributed by atoms with Crippen molar-refractivity contribution in [2.24, 2.45) is 5.92 Å². The molecule has 1 atom stereocenters. The van der Waals surface area contributed by atoms with Gasteiger partial charge in [-0.1, -0.05) is 46.1 Å². The Labute approximate surface area is 146 Å². The van der Waals surface area contributed by atoms with Crippen LogP contribution in [0.1, 0.15) is 53.4 Å². The molecule has 0 bridgehead atoms. The SMILES string of the molecule is CCCCCCNC(=O)C(C)=C[C@H](C(C)C)N(C)C(=O)CNC=O. The minimum Gasteiger partial charge on any atom is -0.352 e. The van der Waals surface area contributed by atoms with Gasteiger partial charge in [0.15, 0.2) is 0 Å². The lowest BCUT2D eigenvalue weighted by atomic mass is 9.99. The fourth-order valence-electron chi connectivity index (χ4n) is 2.40. The largest absolute Gasteiger partial charge is 0.352 e. The third kappa shape index (κ3) is 8.70. The Morgan fingerprint density at radius 1 is 1.17 bits per heavy atom. The first-order chi connectivity index (χ1) is 11.3. The summed E-state index contributed by atoms with van der Waals surface area (Å²) in [6.07, 6.45) is 6.78. The lowest BCUT2D eigenvalue weighted by Crippen LogP contribution is -2.43. The highest BCUT2D eigenvalue weighted by molar-refractivity contribution is 5.93. The number of nitrogens with one attached hydrogen (secondary N) is 2. The van der Waals surface area contributed by atoms with Crippen molar-refractivity contribution in [1.29, 1.82) is 0 Å². The van der Waals surface area contributed by atoms with Crippen LogP contribution < -0.4 is 10.6 Å². The summed E-state index contributed by atoms with van der Waals surface area (Å²) in [5.74, 6) is -0.128. The van der Waals surface area contributed by atoms with Gasteiger partial charge >= 0.3 is 0 Å². The van der Waals surface area contributed by atoms with E-state index in [2.05, 4.69) is 17.6 Å². The zero-order valence-corrected chi connectivity index (χ0v) is 15.7. The average Bonchev–Trinajstić information content (AvgIpc) is 2.55. The van der Waals surface area contributed by atoms with Crippen LogP contribution in [0.15, 0.2) is 11.6 Å². The quantitative estimate of drug-likeness (QED) is 0.324. The molecule has 0 unspecified atom stereocenters. The molecule has 24 heavy (non-hydrogen) atoms. The predicted molar refractivity (Wildman–Crippen MR) is 96.4 cm³/mol. The lowest BCUT2D eigenvalue weighted by molar-refractivity contribution is -0.132. The molecule has 0 aliphatic rings. The molecule has 0 spiro atoms.